The van der Waals surface area contributed by atoms with E-state index in [1.54, 1.807) is 17.5 Å². The molecule has 0 radical (unpaired) electrons. The minimum Gasteiger partial charge on any atom is -0.358 e. The van der Waals surface area contributed by atoms with Crippen molar-refractivity contribution in [1.29, 1.82) is 0 Å². The van der Waals surface area contributed by atoms with Crippen LogP contribution < -0.4 is 11.1 Å². The molecule has 0 amide bonds. The van der Waals surface area contributed by atoms with Gasteiger partial charge in [-0.2, -0.15) is 0 Å². The van der Waals surface area contributed by atoms with Gasteiger partial charge in [-0.25, -0.2) is 4.98 Å². The van der Waals surface area contributed by atoms with E-state index in [0.717, 1.165) is 5.13 Å². The first-order chi connectivity index (χ1) is 5.20. The molecule has 2 atom stereocenters. The SMILES string of the molecule is CC(N)C(C)Nc1nccs1. The Morgan fingerprint density at radius 1 is 1.64 bits per heavy atom. The number of nitrogens with one attached hydrogen (secondary N) is 1. The minimum absolute atomic E-state index is 0.152. The summed E-state index contributed by atoms with van der Waals surface area (Å²) in [6.07, 6.45) is 1.78. The van der Waals surface area contributed by atoms with Crippen molar-refractivity contribution in [3.8, 4) is 0 Å². The van der Waals surface area contributed by atoms with Crippen LogP contribution in [0.1, 0.15) is 13.8 Å². The number of anilines is 1. The van der Waals surface area contributed by atoms with Crippen LogP contribution in [-0.2, 0) is 0 Å². The maximum Gasteiger partial charge on any atom is 0.182 e. The Kier molecular flexibility index (Phi) is 2.84. The van der Waals surface area contributed by atoms with E-state index in [4.69, 9.17) is 5.73 Å². The fourth-order valence-corrected chi connectivity index (χ4v) is 1.25. The molecule has 0 saturated heterocycles. The van der Waals surface area contributed by atoms with Crippen LogP contribution in [0.15, 0.2) is 11.6 Å². The summed E-state index contributed by atoms with van der Waals surface area (Å²) in [6, 6.07) is 0.431. The quantitative estimate of drug-likeness (QED) is 0.720. The van der Waals surface area contributed by atoms with Crippen molar-refractivity contribution in [3.05, 3.63) is 11.6 Å². The van der Waals surface area contributed by atoms with Gasteiger partial charge in [-0.3, -0.25) is 0 Å². The lowest BCUT2D eigenvalue weighted by atomic mass is 10.2. The third-order valence-corrected chi connectivity index (χ3v) is 2.28. The average Bonchev–Trinajstić information content (AvgIpc) is 2.39. The van der Waals surface area contributed by atoms with E-state index < -0.39 is 0 Å². The Bertz CT molecular complexity index is 195. The zero-order chi connectivity index (χ0) is 8.27. The van der Waals surface area contributed by atoms with Crippen molar-refractivity contribution in [2.75, 3.05) is 5.32 Å². The Hall–Kier alpha value is -0.610. The van der Waals surface area contributed by atoms with Crippen LogP contribution in [0.25, 0.3) is 0 Å². The molecule has 0 aromatic carbocycles. The molecule has 0 fully saturated rings. The monoisotopic (exact) mass is 171 g/mol. The fraction of sp³-hybridized carbons (Fsp3) is 0.571. The van der Waals surface area contributed by atoms with Crippen molar-refractivity contribution in [3.63, 3.8) is 0 Å². The van der Waals surface area contributed by atoms with Crippen LogP contribution in [0.2, 0.25) is 0 Å². The number of nitrogens with two attached hydrogens (primary N) is 1. The van der Waals surface area contributed by atoms with Gasteiger partial charge in [0.1, 0.15) is 0 Å². The molecule has 62 valence electrons. The third-order valence-electron chi connectivity index (χ3n) is 1.57. The maximum absolute atomic E-state index is 5.67. The molecule has 0 aliphatic heterocycles. The second kappa shape index (κ2) is 3.69. The molecule has 11 heavy (non-hydrogen) atoms. The molecule has 3 N–H and O–H groups in total. The van der Waals surface area contributed by atoms with Gasteiger partial charge in [0, 0.05) is 23.7 Å². The van der Waals surface area contributed by atoms with Gasteiger partial charge in [0.05, 0.1) is 0 Å². The van der Waals surface area contributed by atoms with Gasteiger partial charge in [-0.1, -0.05) is 0 Å². The molecule has 1 aromatic heterocycles. The molecule has 0 spiro atoms. The number of rotatable bonds is 3. The Labute approximate surface area is 70.6 Å². The lowest BCUT2D eigenvalue weighted by molar-refractivity contribution is 0.638. The molecule has 1 rings (SSSR count). The summed E-state index contributed by atoms with van der Waals surface area (Å²) >= 11 is 1.59. The first-order valence-corrected chi connectivity index (χ1v) is 4.49. The number of nitrogens with zero attached hydrogens (tertiary/aromatic N) is 1. The molecular formula is C7H13N3S. The van der Waals surface area contributed by atoms with Crippen molar-refractivity contribution < 1.29 is 0 Å². The lowest BCUT2D eigenvalue weighted by Crippen LogP contribution is -2.35. The molecule has 1 heterocycles. The fourth-order valence-electron chi connectivity index (χ4n) is 0.621. The standard InChI is InChI=1S/C7H13N3S/c1-5(8)6(2)10-7-9-3-4-11-7/h3-6H,8H2,1-2H3,(H,9,10). The molecule has 1 aromatic rings. The summed E-state index contributed by atoms with van der Waals surface area (Å²) in [5, 5.41) is 6.08. The lowest BCUT2D eigenvalue weighted by Gasteiger charge is -2.15. The second-order valence-electron chi connectivity index (χ2n) is 2.63. The predicted molar refractivity (Wildman–Crippen MR) is 48.8 cm³/mol. The van der Waals surface area contributed by atoms with E-state index in [-0.39, 0.29) is 12.1 Å². The second-order valence-corrected chi connectivity index (χ2v) is 3.52. The summed E-state index contributed by atoms with van der Waals surface area (Å²) in [7, 11) is 0. The van der Waals surface area contributed by atoms with Gasteiger partial charge >= 0.3 is 0 Å². The van der Waals surface area contributed by atoms with Crippen LogP contribution in [0.3, 0.4) is 0 Å². The highest BCUT2D eigenvalue weighted by molar-refractivity contribution is 7.13. The van der Waals surface area contributed by atoms with Crippen LogP contribution in [0.5, 0.6) is 0 Å². The van der Waals surface area contributed by atoms with Crippen molar-refractivity contribution >= 4 is 16.5 Å². The Morgan fingerprint density at radius 2 is 2.36 bits per heavy atom. The topological polar surface area (TPSA) is 50.9 Å². The molecule has 4 heteroatoms. The van der Waals surface area contributed by atoms with E-state index in [0.29, 0.717) is 0 Å². The van der Waals surface area contributed by atoms with Gasteiger partial charge in [0.2, 0.25) is 0 Å². The maximum atomic E-state index is 5.67. The van der Waals surface area contributed by atoms with E-state index in [1.165, 1.54) is 0 Å². The van der Waals surface area contributed by atoms with Crippen LogP contribution in [0, 0.1) is 0 Å². The summed E-state index contributed by atoms with van der Waals surface area (Å²) < 4.78 is 0. The first-order valence-electron chi connectivity index (χ1n) is 3.62. The van der Waals surface area contributed by atoms with Crippen molar-refractivity contribution in [1.82, 2.24) is 4.98 Å². The molecule has 2 unspecified atom stereocenters. The normalized spacial score (nSPS) is 15.9. The van der Waals surface area contributed by atoms with Gasteiger partial charge in [0.25, 0.3) is 0 Å². The Balaban J connectivity index is 2.43. The smallest absolute Gasteiger partial charge is 0.182 e. The van der Waals surface area contributed by atoms with Gasteiger partial charge in [-0.15, -0.1) is 11.3 Å². The van der Waals surface area contributed by atoms with E-state index in [1.807, 2.05) is 19.2 Å². The number of hydrogen-bond donors (Lipinski definition) is 2. The van der Waals surface area contributed by atoms with E-state index >= 15 is 0 Å². The Morgan fingerprint density at radius 3 is 2.82 bits per heavy atom. The van der Waals surface area contributed by atoms with Crippen LogP contribution >= 0.6 is 11.3 Å². The van der Waals surface area contributed by atoms with Gasteiger partial charge in [-0.05, 0) is 13.8 Å². The summed E-state index contributed by atoms with van der Waals surface area (Å²) in [4.78, 5) is 4.09. The molecule has 0 aliphatic carbocycles. The number of hydrogen-bond acceptors (Lipinski definition) is 4. The minimum atomic E-state index is 0.152. The predicted octanol–water partition coefficient (Wildman–Crippen LogP) is 1.29. The highest BCUT2D eigenvalue weighted by atomic mass is 32.1. The molecule has 0 aliphatic rings. The first kappa shape index (κ1) is 8.49. The number of thiazole rings is 1. The summed E-state index contributed by atoms with van der Waals surface area (Å²) in [6.45, 7) is 4.03. The van der Waals surface area contributed by atoms with E-state index in [2.05, 4.69) is 10.3 Å². The van der Waals surface area contributed by atoms with Crippen LogP contribution in [-0.4, -0.2) is 17.1 Å². The zero-order valence-electron chi connectivity index (χ0n) is 6.74. The van der Waals surface area contributed by atoms with E-state index in [9.17, 15) is 0 Å². The van der Waals surface area contributed by atoms with Gasteiger partial charge in [0.15, 0.2) is 5.13 Å². The zero-order valence-corrected chi connectivity index (χ0v) is 7.56. The van der Waals surface area contributed by atoms with Gasteiger partial charge < -0.3 is 11.1 Å². The largest absolute Gasteiger partial charge is 0.358 e. The average molecular weight is 171 g/mol. The van der Waals surface area contributed by atoms with Crippen molar-refractivity contribution in [2.24, 2.45) is 5.73 Å². The molecule has 0 bridgehead atoms. The van der Waals surface area contributed by atoms with Crippen LogP contribution in [0.4, 0.5) is 5.13 Å². The van der Waals surface area contributed by atoms with Crippen molar-refractivity contribution in [2.45, 2.75) is 25.9 Å². The third kappa shape index (κ3) is 2.48. The molecule has 0 saturated carbocycles. The highest BCUT2D eigenvalue weighted by Gasteiger charge is 2.07. The molecular weight excluding hydrogens is 158 g/mol. The summed E-state index contributed by atoms with van der Waals surface area (Å²) in [5.74, 6) is 0. The number of aromatic nitrogens is 1. The summed E-state index contributed by atoms with van der Waals surface area (Å²) in [5.41, 5.74) is 5.67. The highest BCUT2D eigenvalue weighted by Crippen LogP contribution is 2.11. The molecule has 3 nitrogen and oxygen atoms in total.